The second-order valence-electron chi connectivity index (χ2n) is 6.36. The van der Waals surface area contributed by atoms with Gasteiger partial charge in [-0.3, -0.25) is 4.55 Å². The first-order valence-electron chi connectivity index (χ1n) is 8.37. The van der Waals surface area contributed by atoms with Crippen LogP contribution in [-0.4, -0.2) is 18.7 Å². The average Bonchev–Trinajstić information content (AvgIpc) is 2.33. The smallest absolute Gasteiger partial charge is 0.264 e. The largest absolute Gasteiger partial charge is 0.286 e. The van der Waals surface area contributed by atoms with E-state index >= 15 is 0 Å². The van der Waals surface area contributed by atoms with Crippen molar-refractivity contribution in [2.45, 2.75) is 90.9 Å². The Labute approximate surface area is 126 Å². The van der Waals surface area contributed by atoms with Crippen LogP contribution in [0.1, 0.15) is 90.9 Å². The van der Waals surface area contributed by atoms with Gasteiger partial charge >= 0.3 is 0 Å². The van der Waals surface area contributed by atoms with E-state index in [0.717, 1.165) is 18.8 Å². The topological polar surface area (TPSA) is 54.4 Å². The van der Waals surface area contributed by atoms with Gasteiger partial charge in [0.15, 0.2) is 0 Å². The summed E-state index contributed by atoms with van der Waals surface area (Å²) in [4.78, 5) is 0. The van der Waals surface area contributed by atoms with Gasteiger partial charge in [-0.2, -0.15) is 8.42 Å². The van der Waals surface area contributed by atoms with Gasteiger partial charge in [0, 0.05) is 0 Å². The highest BCUT2D eigenvalue weighted by Crippen LogP contribution is 2.13. The van der Waals surface area contributed by atoms with Gasteiger partial charge < -0.3 is 0 Å². The molecule has 122 valence electrons. The van der Waals surface area contributed by atoms with Gasteiger partial charge in [0.25, 0.3) is 10.1 Å². The second kappa shape index (κ2) is 12.6. The fourth-order valence-electron chi connectivity index (χ4n) is 2.43. The van der Waals surface area contributed by atoms with E-state index in [0.29, 0.717) is 6.42 Å². The lowest BCUT2D eigenvalue weighted by Gasteiger charge is -2.04. The standard InChI is InChI=1S/C16H34O3S/c1-16(2)14-12-10-8-6-4-3-5-7-9-11-13-15-20(17,18)19/h16H,3-15H2,1-2H3,(H,17,18,19). The minimum absolute atomic E-state index is 0.0800. The van der Waals surface area contributed by atoms with Crippen molar-refractivity contribution in [3.05, 3.63) is 0 Å². The summed E-state index contributed by atoms with van der Waals surface area (Å²) in [6.45, 7) is 4.58. The quantitative estimate of drug-likeness (QED) is 0.354. The number of rotatable bonds is 14. The first-order valence-corrected chi connectivity index (χ1v) is 9.98. The van der Waals surface area contributed by atoms with Crippen molar-refractivity contribution < 1.29 is 13.0 Å². The number of unbranched alkanes of at least 4 members (excludes halogenated alkanes) is 10. The van der Waals surface area contributed by atoms with Gasteiger partial charge in [0.05, 0.1) is 5.75 Å². The minimum Gasteiger partial charge on any atom is -0.286 e. The molecule has 0 saturated carbocycles. The highest BCUT2D eigenvalue weighted by Gasteiger charge is 2.02. The molecule has 0 atom stereocenters. The second-order valence-corrected chi connectivity index (χ2v) is 7.93. The van der Waals surface area contributed by atoms with E-state index in [1.54, 1.807) is 0 Å². The van der Waals surface area contributed by atoms with Gasteiger partial charge in [-0.25, -0.2) is 0 Å². The molecule has 4 heteroatoms. The highest BCUT2D eigenvalue weighted by molar-refractivity contribution is 7.85. The van der Waals surface area contributed by atoms with Crippen LogP contribution >= 0.6 is 0 Å². The molecule has 0 radical (unpaired) electrons. The molecule has 0 aliphatic rings. The average molecular weight is 307 g/mol. The zero-order valence-electron chi connectivity index (χ0n) is 13.4. The van der Waals surface area contributed by atoms with Crippen molar-refractivity contribution in [1.82, 2.24) is 0 Å². The van der Waals surface area contributed by atoms with Crippen molar-refractivity contribution in [1.29, 1.82) is 0 Å². The van der Waals surface area contributed by atoms with Crippen LogP contribution in [-0.2, 0) is 10.1 Å². The molecule has 0 aromatic rings. The molecule has 0 aromatic carbocycles. The summed E-state index contributed by atoms with van der Waals surface area (Å²) in [7, 11) is -3.74. The van der Waals surface area contributed by atoms with Crippen LogP contribution in [0.5, 0.6) is 0 Å². The predicted molar refractivity (Wildman–Crippen MR) is 86.7 cm³/mol. The molecule has 0 bridgehead atoms. The van der Waals surface area contributed by atoms with E-state index < -0.39 is 10.1 Å². The fourth-order valence-corrected chi connectivity index (χ4v) is 3.00. The molecule has 0 unspecified atom stereocenters. The van der Waals surface area contributed by atoms with Crippen molar-refractivity contribution in [3.8, 4) is 0 Å². The van der Waals surface area contributed by atoms with Crippen LogP contribution in [0, 0.1) is 5.92 Å². The zero-order valence-corrected chi connectivity index (χ0v) is 14.3. The van der Waals surface area contributed by atoms with E-state index in [1.165, 1.54) is 57.8 Å². The summed E-state index contributed by atoms with van der Waals surface area (Å²) in [6.07, 6.45) is 14.6. The molecule has 0 aromatic heterocycles. The Morgan fingerprint density at radius 3 is 1.40 bits per heavy atom. The summed E-state index contributed by atoms with van der Waals surface area (Å²) in [5.74, 6) is 0.763. The zero-order chi connectivity index (χ0) is 15.3. The first kappa shape index (κ1) is 19.9. The molecule has 0 fully saturated rings. The molecule has 0 amide bonds. The Morgan fingerprint density at radius 1 is 0.700 bits per heavy atom. The van der Waals surface area contributed by atoms with Gasteiger partial charge in [-0.05, 0) is 12.3 Å². The van der Waals surface area contributed by atoms with Crippen molar-refractivity contribution in [2.75, 3.05) is 5.75 Å². The molecule has 3 nitrogen and oxygen atoms in total. The van der Waals surface area contributed by atoms with Crippen LogP contribution in [0.2, 0.25) is 0 Å². The maximum absolute atomic E-state index is 10.5. The minimum atomic E-state index is -3.74. The fraction of sp³-hybridized carbons (Fsp3) is 1.00. The third-order valence-electron chi connectivity index (χ3n) is 3.68. The molecule has 0 rings (SSSR count). The third kappa shape index (κ3) is 17.9. The van der Waals surface area contributed by atoms with E-state index in [9.17, 15) is 8.42 Å². The maximum Gasteiger partial charge on any atom is 0.264 e. The SMILES string of the molecule is CC(C)CCCCCCCCCCCCCS(=O)(=O)O. The highest BCUT2D eigenvalue weighted by atomic mass is 32.2. The van der Waals surface area contributed by atoms with Crippen LogP contribution < -0.4 is 0 Å². The molecular formula is C16H34O3S. The van der Waals surface area contributed by atoms with Gasteiger partial charge in [-0.1, -0.05) is 84.5 Å². The third-order valence-corrected chi connectivity index (χ3v) is 4.49. The maximum atomic E-state index is 10.5. The molecule has 0 aliphatic carbocycles. The van der Waals surface area contributed by atoms with Gasteiger partial charge in [0.2, 0.25) is 0 Å². The van der Waals surface area contributed by atoms with Crippen LogP contribution in [0.3, 0.4) is 0 Å². The van der Waals surface area contributed by atoms with E-state index in [-0.39, 0.29) is 5.75 Å². The van der Waals surface area contributed by atoms with Crippen LogP contribution in [0.25, 0.3) is 0 Å². The van der Waals surface area contributed by atoms with E-state index in [1.807, 2.05) is 0 Å². The molecule has 20 heavy (non-hydrogen) atoms. The molecule has 0 aliphatic heterocycles. The summed E-state index contributed by atoms with van der Waals surface area (Å²) < 4.78 is 29.6. The Bertz CT molecular complexity index is 297. The first-order chi connectivity index (χ1) is 9.42. The molecule has 0 spiro atoms. The molecule has 0 heterocycles. The summed E-state index contributed by atoms with van der Waals surface area (Å²) in [5.41, 5.74) is 0. The van der Waals surface area contributed by atoms with Crippen LogP contribution in [0.15, 0.2) is 0 Å². The van der Waals surface area contributed by atoms with E-state index in [2.05, 4.69) is 13.8 Å². The van der Waals surface area contributed by atoms with Crippen LogP contribution in [0.4, 0.5) is 0 Å². The summed E-state index contributed by atoms with van der Waals surface area (Å²) in [5, 5.41) is 0. The summed E-state index contributed by atoms with van der Waals surface area (Å²) >= 11 is 0. The lowest BCUT2D eigenvalue weighted by Crippen LogP contribution is -2.03. The normalized spacial score (nSPS) is 12.2. The van der Waals surface area contributed by atoms with Crippen molar-refractivity contribution in [2.24, 2.45) is 5.92 Å². The number of hydrogen-bond acceptors (Lipinski definition) is 2. The van der Waals surface area contributed by atoms with E-state index in [4.69, 9.17) is 4.55 Å². The predicted octanol–water partition coefficient (Wildman–Crippen LogP) is 5.21. The number of hydrogen-bond donors (Lipinski definition) is 1. The lowest BCUT2D eigenvalue weighted by atomic mass is 10.0. The Morgan fingerprint density at radius 2 is 1.05 bits per heavy atom. The lowest BCUT2D eigenvalue weighted by molar-refractivity contribution is 0.478. The van der Waals surface area contributed by atoms with Crippen molar-refractivity contribution in [3.63, 3.8) is 0 Å². The Balaban J connectivity index is 3.06. The molecule has 1 N–H and O–H groups in total. The monoisotopic (exact) mass is 306 g/mol. The van der Waals surface area contributed by atoms with Gasteiger partial charge in [-0.15, -0.1) is 0 Å². The van der Waals surface area contributed by atoms with Crippen molar-refractivity contribution >= 4 is 10.1 Å². The molecule has 0 saturated heterocycles. The summed E-state index contributed by atoms with van der Waals surface area (Å²) in [6, 6.07) is 0. The van der Waals surface area contributed by atoms with Gasteiger partial charge in [0.1, 0.15) is 0 Å². The molecular weight excluding hydrogens is 272 g/mol. The Kier molecular flexibility index (Phi) is 12.6. The Hall–Kier alpha value is -0.0900.